The van der Waals surface area contributed by atoms with Gasteiger partial charge in [-0.3, -0.25) is 0 Å². The Morgan fingerprint density at radius 2 is 0.933 bits per heavy atom. The average molecular weight is 395 g/mol. The van der Waals surface area contributed by atoms with Crippen molar-refractivity contribution in [1.82, 2.24) is 0 Å². The minimum Gasteiger partial charge on any atom is -0.0651 e. The normalized spacial score (nSPS) is 25.2. The highest BCUT2D eigenvalue weighted by Crippen LogP contribution is 2.70. The smallest absolute Gasteiger partial charge is 0.0277 e. The third-order valence-corrected chi connectivity index (χ3v) is 8.49. The van der Waals surface area contributed by atoms with Gasteiger partial charge in [0.15, 0.2) is 0 Å². The summed E-state index contributed by atoms with van der Waals surface area (Å²) in [6, 6.07) is 27.3. The van der Waals surface area contributed by atoms with Crippen LogP contribution in [0.5, 0.6) is 0 Å². The van der Waals surface area contributed by atoms with E-state index in [-0.39, 0.29) is 10.8 Å². The van der Waals surface area contributed by atoms with Crippen molar-refractivity contribution >= 4 is 0 Å². The first-order valence-electron chi connectivity index (χ1n) is 11.9. The molecule has 4 atom stereocenters. The standard InChI is InChI=1S/C30H34/c1-5-21(3)29(19-23-13-9-7-10-14-23)25-17-18-26-28(27(25)29)30(26,22(4)6-2)20-24-15-11-8-12-16-24/h7-18,21-22H,5-6,19-20H2,1-4H3. The molecule has 0 spiro atoms. The topological polar surface area (TPSA) is 0 Å². The Balaban J connectivity index is 1.58. The minimum atomic E-state index is 0.246. The SMILES string of the molecule is CCC(C)C1(Cc2ccccc2)c2ccc3c(c21)C3(Cc1ccccc1)C(C)CC. The van der Waals surface area contributed by atoms with E-state index in [4.69, 9.17) is 0 Å². The van der Waals surface area contributed by atoms with Crippen molar-refractivity contribution in [2.45, 2.75) is 64.2 Å². The Labute approximate surface area is 182 Å². The summed E-state index contributed by atoms with van der Waals surface area (Å²) in [5.74, 6) is 1.34. The van der Waals surface area contributed by atoms with Gasteiger partial charge < -0.3 is 0 Å². The van der Waals surface area contributed by atoms with Crippen LogP contribution in [0.15, 0.2) is 72.8 Å². The first-order valence-corrected chi connectivity index (χ1v) is 11.9. The molecule has 154 valence electrons. The van der Waals surface area contributed by atoms with Crippen LogP contribution in [-0.4, -0.2) is 0 Å². The Kier molecular flexibility index (Phi) is 4.65. The van der Waals surface area contributed by atoms with E-state index in [2.05, 4.69) is 100 Å². The van der Waals surface area contributed by atoms with Crippen LogP contribution >= 0.6 is 0 Å². The molecule has 0 heteroatoms. The lowest BCUT2D eigenvalue weighted by atomic mass is 9.76. The first kappa shape index (κ1) is 19.6. The zero-order valence-corrected chi connectivity index (χ0v) is 18.9. The van der Waals surface area contributed by atoms with E-state index in [1.165, 1.54) is 24.0 Å². The molecule has 0 aromatic heterocycles. The highest BCUT2D eigenvalue weighted by atomic mass is 14.7. The fourth-order valence-electron chi connectivity index (χ4n) is 6.33. The second-order valence-electron chi connectivity index (χ2n) is 9.80. The third kappa shape index (κ3) is 2.66. The molecule has 0 fully saturated rings. The molecule has 0 N–H and O–H groups in total. The zero-order valence-electron chi connectivity index (χ0n) is 18.9. The second-order valence-corrected chi connectivity index (χ2v) is 9.80. The van der Waals surface area contributed by atoms with Gasteiger partial charge in [-0.1, -0.05) is 113 Å². The van der Waals surface area contributed by atoms with Crippen LogP contribution in [-0.2, 0) is 23.7 Å². The van der Waals surface area contributed by atoms with E-state index in [0.29, 0.717) is 11.8 Å². The van der Waals surface area contributed by atoms with Gasteiger partial charge in [0.25, 0.3) is 0 Å². The molecule has 3 aromatic carbocycles. The Bertz CT molecular complexity index is 962. The van der Waals surface area contributed by atoms with Crippen molar-refractivity contribution < 1.29 is 0 Å². The first-order chi connectivity index (χ1) is 14.6. The maximum absolute atomic E-state index is 2.48. The summed E-state index contributed by atoms with van der Waals surface area (Å²) in [5, 5.41) is 0. The van der Waals surface area contributed by atoms with E-state index in [1.807, 2.05) is 0 Å². The number of hydrogen-bond donors (Lipinski definition) is 0. The summed E-state index contributed by atoms with van der Waals surface area (Å²) in [5.41, 5.74) is 10.1. The summed E-state index contributed by atoms with van der Waals surface area (Å²) in [7, 11) is 0. The largest absolute Gasteiger partial charge is 0.0651 e. The van der Waals surface area contributed by atoms with Gasteiger partial charge in [-0.2, -0.15) is 0 Å². The van der Waals surface area contributed by atoms with Crippen LogP contribution in [0.3, 0.4) is 0 Å². The van der Waals surface area contributed by atoms with Gasteiger partial charge in [0.2, 0.25) is 0 Å². The quantitative estimate of drug-likeness (QED) is 0.372. The summed E-state index contributed by atoms with van der Waals surface area (Å²) in [6.07, 6.45) is 4.75. The second kappa shape index (κ2) is 7.12. The number of benzene rings is 3. The van der Waals surface area contributed by atoms with Crippen molar-refractivity contribution in [2.75, 3.05) is 0 Å². The van der Waals surface area contributed by atoms with Crippen LogP contribution in [0.25, 0.3) is 0 Å². The van der Waals surface area contributed by atoms with Crippen molar-refractivity contribution in [3.63, 3.8) is 0 Å². The van der Waals surface area contributed by atoms with Crippen LogP contribution < -0.4 is 0 Å². The lowest BCUT2D eigenvalue weighted by Crippen LogP contribution is -2.25. The van der Waals surface area contributed by atoms with Crippen molar-refractivity contribution in [3.8, 4) is 0 Å². The number of hydrogen-bond acceptors (Lipinski definition) is 0. The fraction of sp³-hybridized carbons (Fsp3) is 0.400. The van der Waals surface area contributed by atoms with E-state index in [9.17, 15) is 0 Å². The molecular weight excluding hydrogens is 360 g/mol. The average Bonchev–Trinajstić information content (AvgIpc) is 3.65. The summed E-state index contributed by atoms with van der Waals surface area (Å²) in [4.78, 5) is 0. The molecule has 30 heavy (non-hydrogen) atoms. The Morgan fingerprint density at radius 3 is 1.27 bits per heavy atom. The lowest BCUT2D eigenvalue weighted by molar-refractivity contribution is 0.380. The van der Waals surface area contributed by atoms with E-state index >= 15 is 0 Å². The Hall–Kier alpha value is -2.34. The number of fused-ring (bicyclic) bond motifs is 3. The van der Waals surface area contributed by atoms with E-state index < -0.39 is 0 Å². The summed E-state index contributed by atoms with van der Waals surface area (Å²) < 4.78 is 0. The van der Waals surface area contributed by atoms with Crippen LogP contribution in [0.4, 0.5) is 0 Å². The predicted octanol–water partition coefficient (Wildman–Crippen LogP) is 7.46. The highest BCUT2D eigenvalue weighted by Gasteiger charge is 2.65. The van der Waals surface area contributed by atoms with Crippen molar-refractivity contribution in [1.29, 1.82) is 0 Å². The third-order valence-electron chi connectivity index (χ3n) is 8.49. The van der Waals surface area contributed by atoms with Crippen molar-refractivity contribution in [3.05, 3.63) is 106 Å². The molecule has 0 saturated carbocycles. The van der Waals surface area contributed by atoms with E-state index in [1.54, 1.807) is 22.3 Å². The lowest BCUT2D eigenvalue weighted by Gasteiger charge is -2.27. The van der Waals surface area contributed by atoms with Crippen LogP contribution in [0, 0.1) is 11.8 Å². The van der Waals surface area contributed by atoms with Crippen LogP contribution in [0.2, 0.25) is 0 Å². The zero-order chi connectivity index (χ0) is 20.9. The van der Waals surface area contributed by atoms with Crippen LogP contribution in [0.1, 0.15) is 73.9 Å². The minimum absolute atomic E-state index is 0.246. The molecule has 5 rings (SSSR count). The fourth-order valence-corrected chi connectivity index (χ4v) is 6.33. The molecule has 2 aliphatic rings. The van der Waals surface area contributed by atoms with E-state index in [0.717, 1.165) is 12.8 Å². The highest BCUT2D eigenvalue weighted by molar-refractivity contribution is 5.78. The van der Waals surface area contributed by atoms with Gasteiger partial charge >= 0.3 is 0 Å². The molecule has 3 aromatic rings. The predicted molar refractivity (Wildman–Crippen MR) is 127 cm³/mol. The molecule has 0 radical (unpaired) electrons. The maximum atomic E-state index is 2.48. The number of rotatable bonds is 8. The van der Waals surface area contributed by atoms with Gasteiger partial charge in [0.1, 0.15) is 0 Å². The monoisotopic (exact) mass is 394 g/mol. The summed E-state index contributed by atoms with van der Waals surface area (Å²) in [6.45, 7) is 9.67. The summed E-state index contributed by atoms with van der Waals surface area (Å²) >= 11 is 0. The molecule has 0 bridgehead atoms. The maximum Gasteiger partial charge on any atom is 0.0277 e. The van der Waals surface area contributed by atoms with Gasteiger partial charge in [-0.15, -0.1) is 0 Å². The van der Waals surface area contributed by atoms with Crippen molar-refractivity contribution in [2.24, 2.45) is 11.8 Å². The molecule has 2 aliphatic carbocycles. The molecule has 0 aliphatic heterocycles. The van der Waals surface area contributed by atoms with Gasteiger partial charge in [-0.25, -0.2) is 0 Å². The van der Waals surface area contributed by atoms with Gasteiger partial charge in [0.05, 0.1) is 0 Å². The van der Waals surface area contributed by atoms with Gasteiger partial charge in [-0.05, 0) is 58.1 Å². The molecule has 0 saturated heterocycles. The molecule has 0 amide bonds. The Morgan fingerprint density at radius 1 is 0.567 bits per heavy atom. The molecular formula is C30H34. The van der Waals surface area contributed by atoms with Gasteiger partial charge in [0, 0.05) is 10.8 Å². The molecule has 4 unspecified atom stereocenters. The molecule has 0 heterocycles. The molecule has 0 nitrogen and oxygen atoms in total.